The topological polar surface area (TPSA) is 18.5 Å². The molecule has 0 amide bonds. The number of alkyl halides is 4. The third-order valence-electron chi connectivity index (χ3n) is 3.62. The number of benzene rings is 1. The van der Waals surface area contributed by atoms with Crippen LogP contribution in [0.25, 0.3) is 0 Å². The van der Waals surface area contributed by atoms with Crippen LogP contribution in [0.3, 0.4) is 0 Å². The fourth-order valence-corrected chi connectivity index (χ4v) is 2.96. The highest BCUT2D eigenvalue weighted by molar-refractivity contribution is 14.1. The zero-order chi connectivity index (χ0) is 18.8. The van der Waals surface area contributed by atoms with Crippen LogP contribution in [0.2, 0.25) is 0 Å². The number of hydrogen-bond acceptors (Lipinski definition) is 2. The first kappa shape index (κ1) is 21.4. The quantitative estimate of drug-likeness (QED) is 0.245. The minimum atomic E-state index is -5.58. The lowest BCUT2D eigenvalue weighted by molar-refractivity contribution is -0.143. The van der Waals surface area contributed by atoms with Gasteiger partial charge in [-0.1, -0.05) is 22.6 Å². The zero-order valence-corrected chi connectivity index (χ0v) is 14.9. The Morgan fingerprint density at radius 1 is 0.917 bits per heavy atom. The van der Waals surface area contributed by atoms with Crippen molar-refractivity contribution in [1.29, 1.82) is 0 Å². The van der Waals surface area contributed by atoms with E-state index in [1.807, 2.05) is 0 Å². The summed E-state index contributed by atoms with van der Waals surface area (Å²) < 4.78 is 104. The highest BCUT2D eigenvalue weighted by Crippen LogP contribution is 2.40. The summed E-state index contributed by atoms with van der Waals surface area (Å²) in [6.07, 6.45) is -7.54. The molecule has 3 unspecified atom stereocenters. The monoisotopic (exact) mass is 474 g/mol. The van der Waals surface area contributed by atoms with Crippen LogP contribution >= 0.6 is 22.6 Å². The van der Waals surface area contributed by atoms with E-state index in [0.717, 1.165) is 0 Å². The summed E-state index contributed by atoms with van der Waals surface area (Å²) in [7, 11) is 1.18. The largest absolute Gasteiger partial charge is 0.422 e. The first-order chi connectivity index (χ1) is 11.0. The van der Waals surface area contributed by atoms with Gasteiger partial charge in [0.2, 0.25) is 0 Å². The summed E-state index contributed by atoms with van der Waals surface area (Å²) in [6, 6.07) is 0. The Kier molecular flexibility index (Phi) is 7.29. The molecule has 0 aliphatic heterocycles. The molecular formula is C14H14F7IO2. The number of halogens is 8. The Morgan fingerprint density at radius 3 is 1.71 bits per heavy atom. The maximum Gasteiger partial charge on any atom is 0.422 e. The molecule has 0 aliphatic rings. The second-order valence-electron chi connectivity index (χ2n) is 4.99. The Hall–Kier alpha value is -0.620. The van der Waals surface area contributed by atoms with Crippen LogP contribution in [0.1, 0.15) is 30.9 Å². The standard InChI is InChI=1S/C14H14F7IO2/c1-5(23-3)7(6(2)24-4-22)8-10(15)12(17)9(14(19,20)21)13(18)11(8)16/h5-7H,4H2,1-3H3. The van der Waals surface area contributed by atoms with E-state index >= 15 is 0 Å². The molecule has 0 saturated carbocycles. The van der Waals surface area contributed by atoms with Gasteiger partial charge in [0.25, 0.3) is 0 Å². The average Bonchev–Trinajstić information content (AvgIpc) is 2.47. The van der Waals surface area contributed by atoms with Gasteiger partial charge >= 0.3 is 6.18 Å². The number of hydrogen-bond donors (Lipinski definition) is 0. The lowest BCUT2D eigenvalue weighted by Crippen LogP contribution is -2.32. The van der Waals surface area contributed by atoms with Crippen LogP contribution < -0.4 is 0 Å². The van der Waals surface area contributed by atoms with Crippen LogP contribution in [0, 0.1) is 23.3 Å². The van der Waals surface area contributed by atoms with E-state index in [9.17, 15) is 30.7 Å². The van der Waals surface area contributed by atoms with E-state index in [1.54, 1.807) is 22.6 Å². The van der Waals surface area contributed by atoms with E-state index in [4.69, 9.17) is 9.47 Å². The molecule has 0 N–H and O–H groups in total. The maximum absolute atomic E-state index is 14.2. The summed E-state index contributed by atoms with van der Waals surface area (Å²) in [5.41, 5.74) is -3.78. The van der Waals surface area contributed by atoms with Crippen LogP contribution in [0.15, 0.2) is 0 Å². The second kappa shape index (κ2) is 8.17. The molecule has 1 aromatic carbocycles. The Labute approximate surface area is 147 Å². The predicted octanol–water partition coefficient (Wildman–Crippen LogP) is 5.18. The first-order valence-corrected chi connectivity index (χ1v) is 8.14. The van der Waals surface area contributed by atoms with E-state index in [0.29, 0.717) is 0 Å². The van der Waals surface area contributed by atoms with Crippen molar-refractivity contribution < 1.29 is 40.2 Å². The molecule has 0 heterocycles. The molecule has 2 nitrogen and oxygen atoms in total. The van der Waals surface area contributed by atoms with Crippen molar-refractivity contribution in [2.75, 3.05) is 11.7 Å². The molecule has 0 radical (unpaired) electrons. The number of methoxy groups -OCH3 is 1. The van der Waals surface area contributed by atoms with Crippen molar-refractivity contribution in [2.45, 2.75) is 38.1 Å². The van der Waals surface area contributed by atoms with Gasteiger partial charge in [-0.15, -0.1) is 0 Å². The van der Waals surface area contributed by atoms with Crippen LogP contribution in [-0.2, 0) is 15.7 Å². The predicted molar refractivity (Wildman–Crippen MR) is 79.9 cm³/mol. The molecule has 1 aromatic rings. The number of rotatable bonds is 6. The highest BCUT2D eigenvalue weighted by Gasteiger charge is 2.44. The van der Waals surface area contributed by atoms with Crippen molar-refractivity contribution in [3.05, 3.63) is 34.4 Å². The number of ether oxygens (including phenoxy) is 2. The summed E-state index contributed by atoms with van der Waals surface area (Å²) in [5.74, 6) is -10.6. The zero-order valence-electron chi connectivity index (χ0n) is 12.8. The molecule has 0 fully saturated rings. The van der Waals surface area contributed by atoms with Gasteiger partial charge in [0.1, 0.15) is 5.56 Å². The minimum absolute atomic E-state index is 0.0840. The molecule has 3 atom stereocenters. The van der Waals surface area contributed by atoms with Crippen LogP contribution in [0.4, 0.5) is 30.7 Å². The van der Waals surface area contributed by atoms with Crippen LogP contribution in [-0.4, -0.2) is 23.9 Å². The molecule has 1 rings (SSSR count). The molecule has 0 aromatic heterocycles. The van der Waals surface area contributed by atoms with Gasteiger partial charge in [-0.2, -0.15) is 13.2 Å². The summed E-state index contributed by atoms with van der Waals surface area (Å²) in [5, 5.41) is 0. The molecule has 0 bridgehead atoms. The summed E-state index contributed by atoms with van der Waals surface area (Å²) in [6.45, 7) is 2.72. The molecule has 138 valence electrons. The van der Waals surface area contributed by atoms with Gasteiger partial charge in [0, 0.05) is 18.6 Å². The van der Waals surface area contributed by atoms with Crippen molar-refractivity contribution in [3.8, 4) is 0 Å². The molecule has 0 aliphatic carbocycles. The van der Waals surface area contributed by atoms with E-state index in [-0.39, 0.29) is 4.61 Å². The third-order valence-corrected chi connectivity index (χ3v) is 3.98. The van der Waals surface area contributed by atoms with Gasteiger partial charge in [-0.05, 0) is 13.8 Å². The SMILES string of the molecule is COC(C)C(c1c(F)c(F)c(C(F)(F)F)c(F)c1F)C(C)OCI. The fraction of sp³-hybridized carbons (Fsp3) is 0.571. The van der Waals surface area contributed by atoms with E-state index < -0.39 is 58.7 Å². The van der Waals surface area contributed by atoms with Crippen LogP contribution in [0.5, 0.6) is 0 Å². The van der Waals surface area contributed by atoms with Crippen molar-refractivity contribution in [2.24, 2.45) is 0 Å². The van der Waals surface area contributed by atoms with Gasteiger partial charge in [0.05, 0.1) is 16.8 Å². The molecular weight excluding hydrogens is 460 g/mol. The first-order valence-electron chi connectivity index (χ1n) is 6.62. The van der Waals surface area contributed by atoms with E-state index in [1.165, 1.54) is 21.0 Å². The van der Waals surface area contributed by atoms with E-state index in [2.05, 4.69) is 0 Å². The van der Waals surface area contributed by atoms with Gasteiger partial charge in [0.15, 0.2) is 23.3 Å². The maximum atomic E-state index is 14.2. The molecule has 24 heavy (non-hydrogen) atoms. The Balaban J connectivity index is 3.68. The fourth-order valence-electron chi connectivity index (χ4n) is 2.39. The average molecular weight is 474 g/mol. The van der Waals surface area contributed by atoms with Crippen molar-refractivity contribution in [1.82, 2.24) is 0 Å². The van der Waals surface area contributed by atoms with Gasteiger partial charge in [-0.3, -0.25) is 0 Å². The van der Waals surface area contributed by atoms with Crippen molar-refractivity contribution in [3.63, 3.8) is 0 Å². The minimum Gasteiger partial charge on any atom is -0.381 e. The third kappa shape index (κ3) is 4.13. The summed E-state index contributed by atoms with van der Waals surface area (Å²) >= 11 is 1.79. The lowest BCUT2D eigenvalue weighted by Gasteiger charge is -2.30. The molecule has 0 saturated heterocycles. The lowest BCUT2D eigenvalue weighted by atomic mass is 9.87. The molecule has 0 spiro atoms. The van der Waals surface area contributed by atoms with Gasteiger partial charge in [-0.25, -0.2) is 17.6 Å². The van der Waals surface area contributed by atoms with Gasteiger partial charge < -0.3 is 9.47 Å². The Morgan fingerprint density at radius 2 is 1.38 bits per heavy atom. The Bertz CT molecular complexity index is 562. The normalized spacial score (nSPS) is 16.1. The van der Waals surface area contributed by atoms with Crippen molar-refractivity contribution >= 4 is 22.6 Å². The molecule has 10 heteroatoms. The summed E-state index contributed by atoms with van der Waals surface area (Å²) in [4.78, 5) is 0. The highest BCUT2D eigenvalue weighted by atomic mass is 127. The second-order valence-corrected chi connectivity index (χ2v) is 5.61. The smallest absolute Gasteiger partial charge is 0.381 e.